The van der Waals surface area contributed by atoms with Gasteiger partial charge in [0.05, 0.1) is 24.6 Å². The van der Waals surface area contributed by atoms with E-state index in [4.69, 9.17) is 38.4 Å². The number of allylic oxidation sites excluding steroid dienone is 3. The number of halogens is 2. The number of nitrogens with two attached hydrogens (primary N) is 1. The van der Waals surface area contributed by atoms with Gasteiger partial charge in [0.2, 0.25) is 0 Å². The number of anilines is 1. The molecule has 1 aliphatic rings. The molecule has 0 amide bonds. The fraction of sp³-hybridized carbons (Fsp3) is 0.462. The molecule has 0 bridgehead atoms. The molecule has 110 valence electrons. The third kappa shape index (κ3) is 3.04. The first-order valence-electron chi connectivity index (χ1n) is 6.20. The summed E-state index contributed by atoms with van der Waals surface area (Å²) < 4.78 is 10.5. The smallest absolute Gasteiger partial charge is 0.145 e. The van der Waals surface area contributed by atoms with E-state index in [0.29, 0.717) is 22.4 Å². The summed E-state index contributed by atoms with van der Waals surface area (Å²) in [6.45, 7) is 0. The van der Waals surface area contributed by atoms with Crippen LogP contribution >= 0.6 is 23.2 Å². The zero-order valence-corrected chi connectivity index (χ0v) is 12.8. The van der Waals surface area contributed by atoms with Crippen molar-refractivity contribution in [1.82, 2.24) is 10.2 Å². The summed E-state index contributed by atoms with van der Waals surface area (Å²) in [6.07, 6.45) is 3.20. The fourth-order valence-corrected chi connectivity index (χ4v) is 3.04. The Morgan fingerprint density at radius 1 is 1.40 bits per heavy atom. The normalized spacial score (nSPS) is 22.7. The van der Waals surface area contributed by atoms with Gasteiger partial charge in [-0.05, 0) is 12.8 Å². The SMILES string of the molecule is COC1=CC(OC)=C(Cl)C(CCc2cc(N)n[nH]2)C1Cl. The maximum Gasteiger partial charge on any atom is 0.145 e. The van der Waals surface area contributed by atoms with Gasteiger partial charge in [-0.1, -0.05) is 11.6 Å². The minimum absolute atomic E-state index is 0.0715. The number of ether oxygens (including phenoxy) is 2. The molecule has 2 atom stereocenters. The van der Waals surface area contributed by atoms with Crippen LogP contribution in [0.15, 0.2) is 28.7 Å². The second-order valence-corrected chi connectivity index (χ2v) is 5.41. The van der Waals surface area contributed by atoms with Gasteiger partial charge < -0.3 is 15.2 Å². The molecular weight excluding hydrogens is 301 g/mol. The van der Waals surface area contributed by atoms with Crippen LogP contribution in [0.5, 0.6) is 0 Å². The van der Waals surface area contributed by atoms with Crippen LogP contribution in [0.2, 0.25) is 0 Å². The molecule has 3 N–H and O–H groups in total. The number of aromatic nitrogens is 2. The molecule has 0 radical (unpaired) electrons. The Balaban J connectivity index is 2.13. The largest absolute Gasteiger partial charge is 0.499 e. The molecule has 1 aliphatic carbocycles. The third-order valence-corrected chi connectivity index (χ3v) is 4.28. The lowest BCUT2D eigenvalue weighted by atomic mass is 9.92. The van der Waals surface area contributed by atoms with E-state index in [0.717, 1.165) is 18.5 Å². The topological polar surface area (TPSA) is 73.2 Å². The number of nitrogen functional groups attached to an aromatic ring is 1. The molecule has 0 fully saturated rings. The summed E-state index contributed by atoms with van der Waals surface area (Å²) in [4.78, 5) is 0. The molecule has 0 saturated heterocycles. The number of nitrogens with zero attached hydrogens (tertiary/aromatic N) is 1. The van der Waals surface area contributed by atoms with E-state index in [2.05, 4.69) is 10.2 Å². The number of aryl methyl sites for hydroxylation is 1. The van der Waals surface area contributed by atoms with Gasteiger partial charge >= 0.3 is 0 Å². The standard InChI is InChI=1S/C13H17Cl2N3O2/c1-19-9-6-10(20-2)13(15)8(12(9)14)4-3-7-5-11(16)18-17-7/h5-6,8,12H,3-4H2,1-2H3,(H3,16,17,18). The number of hydrogen-bond donors (Lipinski definition) is 2. The summed E-state index contributed by atoms with van der Waals surface area (Å²) in [5, 5.41) is 7.06. The van der Waals surface area contributed by atoms with Gasteiger partial charge in [0.15, 0.2) is 0 Å². The summed E-state index contributed by atoms with van der Waals surface area (Å²) in [5.41, 5.74) is 6.52. The Morgan fingerprint density at radius 2 is 2.15 bits per heavy atom. The van der Waals surface area contributed by atoms with E-state index in [1.807, 2.05) is 0 Å². The minimum Gasteiger partial charge on any atom is -0.499 e. The summed E-state index contributed by atoms with van der Waals surface area (Å²) in [6, 6.07) is 1.80. The van der Waals surface area contributed by atoms with Crippen molar-refractivity contribution in [1.29, 1.82) is 0 Å². The zero-order valence-electron chi connectivity index (χ0n) is 11.3. The number of hydrogen-bond acceptors (Lipinski definition) is 4. The van der Waals surface area contributed by atoms with E-state index >= 15 is 0 Å². The van der Waals surface area contributed by atoms with Crippen molar-refractivity contribution in [3.8, 4) is 0 Å². The van der Waals surface area contributed by atoms with Gasteiger partial charge in [-0.25, -0.2) is 0 Å². The molecule has 2 unspecified atom stereocenters. The molecule has 0 aliphatic heterocycles. The Bertz CT molecular complexity index is 539. The van der Waals surface area contributed by atoms with Crippen LogP contribution < -0.4 is 5.73 Å². The fourth-order valence-electron chi connectivity index (χ4n) is 2.21. The number of alkyl halides is 1. The Hall–Kier alpha value is -1.33. The molecule has 1 aromatic heterocycles. The lowest BCUT2D eigenvalue weighted by molar-refractivity contribution is 0.242. The number of methoxy groups -OCH3 is 2. The van der Waals surface area contributed by atoms with Crippen molar-refractivity contribution < 1.29 is 9.47 Å². The summed E-state index contributed by atoms with van der Waals surface area (Å²) >= 11 is 12.8. The van der Waals surface area contributed by atoms with E-state index in [1.54, 1.807) is 26.4 Å². The van der Waals surface area contributed by atoms with Gasteiger partial charge in [0.1, 0.15) is 17.3 Å². The molecule has 0 aromatic carbocycles. The number of rotatable bonds is 5. The average Bonchev–Trinajstić information content (AvgIpc) is 2.85. The van der Waals surface area contributed by atoms with E-state index in [1.165, 1.54) is 0 Å². The van der Waals surface area contributed by atoms with Crippen LogP contribution in [0.25, 0.3) is 0 Å². The first-order valence-corrected chi connectivity index (χ1v) is 7.01. The molecular formula is C13H17Cl2N3O2. The van der Waals surface area contributed by atoms with Gasteiger partial charge in [-0.2, -0.15) is 5.10 Å². The summed E-state index contributed by atoms with van der Waals surface area (Å²) in [5.74, 6) is 1.65. The quantitative estimate of drug-likeness (QED) is 0.819. The lowest BCUT2D eigenvalue weighted by Crippen LogP contribution is -2.24. The first kappa shape index (κ1) is 15.1. The highest BCUT2D eigenvalue weighted by atomic mass is 35.5. The van der Waals surface area contributed by atoms with Crippen molar-refractivity contribution >= 4 is 29.0 Å². The van der Waals surface area contributed by atoms with Gasteiger partial charge in [0, 0.05) is 23.8 Å². The van der Waals surface area contributed by atoms with Crippen LogP contribution in [0.4, 0.5) is 5.82 Å². The maximum atomic E-state index is 6.42. The average molecular weight is 318 g/mol. The molecule has 2 rings (SSSR count). The van der Waals surface area contributed by atoms with Crippen molar-refractivity contribution in [2.24, 2.45) is 5.92 Å². The van der Waals surface area contributed by atoms with E-state index < -0.39 is 0 Å². The molecule has 1 heterocycles. The monoisotopic (exact) mass is 317 g/mol. The summed E-state index contributed by atoms with van der Waals surface area (Å²) in [7, 11) is 3.16. The van der Waals surface area contributed by atoms with Crippen LogP contribution in [-0.2, 0) is 15.9 Å². The van der Waals surface area contributed by atoms with Gasteiger partial charge in [-0.15, -0.1) is 11.6 Å². The van der Waals surface area contributed by atoms with Crippen molar-refractivity contribution in [2.75, 3.05) is 20.0 Å². The maximum absolute atomic E-state index is 6.42. The Morgan fingerprint density at radius 3 is 2.70 bits per heavy atom. The van der Waals surface area contributed by atoms with Crippen molar-refractivity contribution in [3.63, 3.8) is 0 Å². The minimum atomic E-state index is -0.313. The first-order chi connectivity index (χ1) is 9.56. The zero-order chi connectivity index (χ0) is 14.7. The molecule has 0 saturated carbocycles. The molecule has 0 spiro atoms. The predicted molar refractivity (Wildman–Crippen MR) is 79.4 cm³/mol. The van der Waals surface area contributed by atoms with Crippen LogP contribution in [-0.4, -0.2) is 29.8 Å². The van der Waals surface area contributed by atoms with E-state index in [-0.39, 0.29) is 11.3 Å². The molecule has 1 aromatic rings. The highest BCUT2D eigenvalue weighted by Gasteiger charge is 2.33. The Labute approximate surface area is 127 Å². The van der Waals surface area contributed by atoms with E-state index in [9.17, 15) is 0 Å². The number of H-pyrrole nitrogens is 1. The van der Waals surface area contributed by atoms with Crippen LogP contribution in [0.1, 0.15) is 12.1 Å². The molecule has 7 heteroatoms. The van der Waals surface area contributed by atoms with Crippen molar-refractivity contribution in [3.05, 3.63) is 34.4 Å². The van der Waals surface area contributed by atoms with Crippen LogP contribution in [0.3, 0.4) is 0 Å². The predicted octanol–water partition coefficient (Wildman–Crippen LogP) is 2.79. The van der Waals surface area contributed by atoms with Gasteiger partial charge in [-0.3, -0.25) is 5.10 Å². The van der Waals surface area contributed by atoms with Crippen LogP contribution in [0, 0.1) is 5.92 Å². The number of aromatic amines is 1. The van der Waals surface area contributed by atoms with Gasteiger partial charge in [0.25, 0.3) is 0 Å². The highest BCUT2D eigenvalue weighted by molar-refractivity contribution is 6.32. The van der Waals surface area contributed by atoms with Crippen molar-refractivity contribution in [2.45, 2.75) is 18.2 Å². The molecule has 5 nitrogen and oxygen atoms in total. The lowest BCUT2D eigenvalue weighted by Gasteiger charge is -2.28. The third-order valence-electron chi connectivity index (χ3n) is 3.29. The number of nitrogens with one attached hydrogen (secondary N) is 1. The molecule has 20 heavy (non-hydrogen) atoms. The second-order valence-electron chi connectivity index (χ2n) is 4.53. The second kappa shape index (κ2) is 6.41. The highest BCUT2D eigenvalue weighted by Crippen LogP contribution is 2.38. The Kier molecular flexibility index (Phi) is 4.83.